The second kappa shape index (κ2) is 8.04. The number of methoxy groups -OCH3 is 2. The Morgan fingerprint density at radius 2 is 1.71 bits per heavy atom. The summed E-state index contributed by atoms with van der Waals surface area (Å²) < 4.78 is 10.8. The lowest BCUT2D eigenvalue weighted by molar-refractivity contribution is -0.121. The van der Waals surface area contributed by atoms with E-state index in [1.54, 1.807) is 25.2 Å². The lowest BCUT2D eigenvalue weighted by atomic mass is 9.69. The topological polar surface area (TPSA) is 55.8 Å². The van der Waals surface area contributed by atoms with E-state index in [0.29, 0.717) is 40.6 Å². The number of anilines is 1. The zero-order chi connectivity index (χ0) is 22.3. The molecule has 31 heavy (non-hydrogen) atoms. The smallest absolute Gasteiger partial charge is 0.232 e. The highest BCUT2D eigenvalue weighted by Crippen LogP contribution is 2.49. The molecule has 1 heterocycles. The van der Waals surface area contributed by atoms with Crippen molar-refractivity contribution in [3.63, 3.8) is 0 Å². The number of para-hydroxylation sites is 1. The molecule has 5 nitrogen and oxygen atoms in total. The van der Waals surface area contributed by atoms with Crippen molar-refractivity contribution in [2.24, 2.45) is 5.41 Å². The van der Waals surface area contributed by atoms with Crippen molar-refractivity contribution in [3.8, 4) is 11.5 Å². The summed E-state index contributed by atoms with van der Waals surface area (Å²) >= 11 is 6.46. The Hall–Kier alpha value is -2.79. The van der Waals surface area contributed by atoms with Gasteiger partial charge in [-0.25, -0.2) is 0 Å². The second-order valence-corrected chi connectivity index (χ2v) is 9.26. The fourth-order valence-electron chi connectivity index (χ4n) is 4.68. The summed E-state index contributed by atoms with van der Waals surface area (Å²) in [6, 6.07) is 12.9. The highest BCUT2D eigenvalue weighted by Gasteiger charge is 2.44. The summed E-state index contributed by atoms with van der Waals surface area (Å²) in [5.41, 5.74) is 2.70. The third-order valence-corrected chi connectivity index (χ3v) is 6.37. The molecule has 0 aromatic heterocycles. The van der Waals surface area contributed by atoms with Crippen molar-refractivity contribution >= 4 is 29.0 Å². The van der Waals surface area contributed by atoms with Gasteiger partial charge in [-0.05, 0) is 41.7 Å². The van der Waals surface area contributed by atoms with Gasteiger partial charge in [0, 0.05) is 30.0 Å². The van der Waals surface area contributed by atoms with Crippen LogP contribution >= 0.6 is 11.6 Å². The maximum atomic E-state index is 13.4. The fraction of sp³-hybridized carbons (Fsp3) is 0.360. The van der Waals surface area contributed by atoms with Gasteiger partial charge in [0.2, 0.25) is 5.91 Å². The Labute approximate surface area is 187 Å². The van der Waals surface area contributed by atoms with Crippen molar-refractivity contribution < 1.29 is 19.1 Å². The van der Waals surface area contributed by atoms with Crippen LogP contribution in [-0.2, 0) is 9.59 Å². The maximum absolute atomic E-state index is 13.4. The van der Waals surface area contributed by atoms with Gasteiger partial charge in [-0.1, -0.05) is 43.6 Å². The molecule has 1 atom stereocenters. The van der Waals surface area contributed by atoms with Crippen molar-refractivity contribution in [3.05, 3.63) is 64.3 Å². The molecule has 162 valence electrons. The fourth-order valence-corrected chi connectivity index (χ4v) is 4.90. The van der Waals surface area contributed by atoms with Crippen LogP contribution in [0.4, 0.5) is 5.69 Å². The number of rotatable bonds is 4. The van der Waals surface area contributed by atoms with Crippen LogP contribution in [-0.4, -0.2) is 25.9 Å². The number of carbonyl (C=O) groups excluding carboxylic acids is 2. The number of benzene rings is 2. The monoisotopic (exact) mass is 439 g/mol. The molecule has 0 bridgehead atoms. The predicted molar refractivity (Wildman–Crippen MR) is 121 cm³/mol. The molecular weight excluding hydrogens is 414 g/mol. The summed E-state index contributed by atoms with van der Waals surface area (Å²) in [4.78, 5) is 28.5. The average molecular weight is 440 g/mol. The van der Waals surface area contributed by atoms with E-state index >= 15 is 0 Å². The van der Waals surface area contributed by atoms with Gasteiger partial charge < -0.3 is 9.47 Å². The first-order chi connectivity index (χ1) is 14.8. The summed E-state index contributed by atoms with van der Waals surface area (Å²) in [7, 11) is 3.16. The third-order valence-electron chi connectivity index (χ3n) is 6.05. The minimum Gasteiger partial charge on any atom is -0.493 e. The summed E-state index contributed by atoms with van der Waals surface area (Å²) in [5, 5.41) is 0.489. The molecule has 1 aliphatic heterocycles. The van der Waals surface area contributed by atoms with Crippen LogP contribution in [0.25, 0.3) is 0 Å². The van der Waals surface area contributed by atoms with Crippen LogP contribution < -0.4 is 14.4 Å². The third kappa shape index (κ3) is 3.83. The number of allylic oxidation sites excluding steroid dienone is 2. The van der Waals surface area contributed by atoms with Gasteiger partial charge in [-0.15, -0.1) is 0 Å². The number of hydrogen-bond acceptors (Lipinski definition) is 4. The molecule has 4 rings (SSSR count). The van der Waals surface area contributed by atoms with E-state index in [9.17, 15) is 9.59 Å². The molecule has 0 saturated carbocycles. The van der Waals surface area contributed by atoms with Gasteiger partial charge in [0.15, 0.2) is 17.3 Å². The zero-order valence-corrected chi connectivity index (χ0v) is 19.0. The van der Waals surface area contributed by atoms with Gasteiger partial charge in [0.1, 0.15) is 0 Å². The summed E-state index contributed by atoms with van der Waals surface area (Å²) in [6.07, 6.45) is 1.25. The van der Waals surface area contributed by atoms with Crippen LogP contribution in [0.15, 0.2) is 53.7 Å². The van der Waals surface area contributed by atoms with E-state index in [4.69, 9.17) is 21.1 Å². The standard InChI is InChI=1S/C25H26ClNO4/c1-25(2)13-19-24(20(28)14-25)16(15-9-10-21(30-3)22(11-15)31-4)12-23(29)27(19)18-8-6-5-7-17(18)26/h5-11,16H,12-14H2,1-4H3/t16-/m1/s1. The first-order valence-electron chi connectivity index (χ1n) is 10.3. The Morgan fingerprint density at radius 1 is 1.00 bits per heavy atom. The molecule has 0 unspecified atom stereocenters. The Bertz CT molecular complexity index is 1090. The van der Waals surface area contributed by atoms with E-state index in [1.807, 2.05) is 36.4 Å². The molecule has 0 radical (unpaired) electrons. The van der Waals surface area contributed by atoms with Crippen molar-refractivity contribution in [1.29, 1.82) is 0 Å². The number of amides is 1. The second-order valence-electron chi connectivity index (χ2n) is 8.85. The van der Waals surface area contributed by atoms with Gasteiger partial charge >= 0.3 is 0 Å². The van der Waals surface area contributed by atoms with Crippen molar-refractivity contribution in [1.82, 2.24) is 0 Å². The number of Topliss-reactive ketones (excluding diaryl/α,β-unsaturated/α-hetero) is 1. The molecule has 0 spiro atoms. The molecule has 2 aromatic rings. The van der Waals surface area contributed by atoms with Crippen molar-refractivity contribution in [2.75, 3.05) is 19.1 Å². The van der Waals surface area contributed by atoms with E-state index in [1.165, 1.54) is 0 Å². The van der Waals surface area contributed by atoms with Gasteiger partial charge in [-0.2, -0.15) is 0 Å². The lowest BCUT2D eigenvalue weighted by Gasteiger charge is -2.43. The first-order valence-corrected chi connectivity index (χ1v) is 10.7. The van der Waals surface area contributed by atoms with Gasteiger partial charge in [0.05, 0.1) is 24.9 Å². The summed E-state index contributed by atoms with van der Waals surface area (Å²) in [6.45, 7) is 4.12. The van der Waals surface area contributed by atoms with Crippen LogP contribution in [0.5, 0.6) is 11.5 Å². The predicted octanol–water partition coefficient (Wildman–Crippen LogP) is 5.52. The normalized spacial score (nSPS) is 20.5. The molecule has 2 aliphatic rings. The first kappa shape index (κ1) is 21.4. The van der Waals surface area contributed by atoms with Crippen LogP contribution in [0, 0.1) is 5.41 Å². The Balaban J connectivity index is 1.90. The van der Waals surface area contributed by atoms with Crippen LogP contribution in [0.1, 0.15) is 44.6 Å². The maximum Gasteiger partial charge on any atom is 0.232 e. The molecule has 0 saturated heterocycles. The molecular formula is C25H26ClNO4. The van der Waals surface area contributed by atoms with Crippen molar-refractivity contribution in [2.45, 2.75) is 39.0 Å². The molecule has 0 fully saturated rings. The van der Waals surface area contributed by atoms with Gasteiger partial charge in [-0.3, -0.25) is 14.5 Å². The largest absolute Gasteiger partial charge is 0.493 e. The molecule has 2 aromatic carbocycles. The minimum atomic E-state index is -0.329. The number of carbonyl (C=O) groups is 2. The van der Waals surface area contributed by atoms with E-state index in [-0.39, 0.29) is 29.4 Å². The molecule has 0 N–H and O–H groups in total. The van der Waals surface area contributed by atoms with Crippen LogP contribution in [0.3, 0.4) is 0 Å². The number of halogens is 1. The number of ether oxygens (including phenoxy) is 2. The Kier molecular flexibility index (Phi) is 5.56. The minimum absolute atomic E-state index is 0.0721. The highest BCUT2D eigenvalue weighted by molar-refractivity contribution is 6.34. The molecule has 6 heteroatoms. The Morgan fingerprint density at radius 3 is 2.39 bits per heavy atom. The average Bonchev–Trinajstić information content (AvgIpc) is 2.72. The van der Waals surface area contributed by atoms with Gasteiger partial charge in [0.25, 0.3) is 0 Å². The molecule has 1 aliphatic carbocycles. The van der Waals surface area contributed by atoms with E-state index in [0.717, 1.165) is 11.3 Å². The van der Waals surface area contributed by atoms with Crippen LogP contribution in [0.2, 0.25) is 5.02 Å². The number of nitrogens with zero attached hydrogens (tertiary/aromatic N) is 1. The lowest BCUT2D eigenvalue weighted by Crippen LogP contribution is -2.43. The zero-order valence-electron chi connectivity index (χ0n) is 18.2. The highest BCUT2D eigenvalue weighted by atomic mass is 35.5. The van der Waals surface area contributed by atoms with E-state index in [2.05, 4.69) is 13.8 Å². The number of ketones is 1. The van der Waals surface area contributed by atoms with E-state index < -0.39 is 0 Å². The summed E-state index contributed by atoms with van der Waals surface area (Å²) in [5.74, 6) is 0.862. The molecule has 1 amide bonds. The number of hydrogen-bond donors (Lipinski definition) is 0. The quantitative estimate of drug-likeness (QED) is 0.629. The SMILES string of the molecule is COc1ccc([C@H]2CC(=O)N(c3ccccc3Cl)C3=C2C(=O)CC(C)(C)C3)cc1OC.